The third kappa shape index (κ3) is 4.77. The van der Waals surface area contributed by atoms with Crippen LogP contribution in [-0.2, 0) is 4.79 Å². The first-order valence-corrected chi connectivity index (χ1v) is 10.3. The lowest BCUT2D eigenvalue weighted by Crippen LogP contribution is -2.38. The van der Waals surface area contributed by atoms with Gasteiger partial charge in [0, 0.05) is 36.3 Å². The molecule has 0 spiro atoms. The van der Waals surface area contributed by atoms with Crippen LogP contribution in [0.1, 0.15) is 12.8 Å². The molecule has 1 aliphatic rings. The summed E-state index contributed by atoms with van der Waals surface area (Å²) in [4.78, 5) is 14.8. The Bertz CT molecular complexity index is 1030. The lowest BCUT2D eigenvalue weighted by atomic mass is 9.95. The zero-order valence-corrected chi connectivity index (χ0v) is 17.7. The highest BCUT2D eigenvalue weighted by Gasteiger charge is 2.26. The molecule has 1 aromatic heterocycles. The van der Waals surface area contributed by atoms with Crippen LogP contribution in [0.15, 0.2) is 60.7 Å². The van der Waals surface area contributed by atoms with Gasteiger partial charge >= 0.3 is 0 Å². The topological polar surface area (TPSA) is 76.6 Å². The van der Waals surface area contributed by atoms with E-state index in [9.17, 15) is 4.79 Å². The molecule has 1 amide bonds. The summed E-state index contributed by atoms with van der Waals surface area (Å²) >= 11 is 0. The van der Waals surface area contributed by atoms with Gasteiger partial charge < -0.3 is 19.7 Å². The quantitative estimate of drug-likeness (QED) is 0.652. The Hall–Kier alpha value is -3.61. The van der Waals surface area contributed by atoms with E-state index >= 15 is 0 Å². The first-order chi connectivity index (χ1) is 15.2. The molecule has 31 heavy (non-hydrogen) atoms. The van der Waals surface area contributed by atoms with Crippen molar-refractivity contribution in [1.29, 1.82) is 0 Å². The third-order valence-electron chi connectivity index (χ3n) is 5.56. The number of carbonyl (C=O) groups excluding carboxylic acids is 1. The average molecular weight is 418 g/mol. The third-order valence-corrected chi connectivity index (χ3v) is 5.56. The van der Waals surface area contributed by atoms with Gasteiger partial charge in [0.05, 0.1) is 19.9 Å². The number of carbonyl (C=O) groups is 1. The lowest BCUT2D eigenvalue weighted by Gasteiger charge is -2.31. The molecule has 3 aromatic rings. The van der Waals surface area contributed by atoms with Gasteiger partial charge in [-0.05, 0) is 49.2 Å². The number of anilines is 2. The summed E-state index contributed by atoms with van der Waals surface area (Å²) in [6, 6.07) is 19.1. The first kappa shape index (κ1) is 20.7. The Labute approximate surface area is 182 Å². The SMILES string of the molecule is COc1cccc(NC(=O)C2CCN(c3ccc(-c4ccccc4OC)nn3)CC2)c1. The van der Waals surface area contributed by atoms with Crippen molar-refractivity contribution < 1.29 is 14.3 Å². The number of aromatic nitrogens is 2. The number of hydrogen-bond acceptors (Lipinski definition) is 6. The number of nitrogens with one attached hydrogen (secondary N) is 1. The second kappa shape index (κ2) is 9.47. The molecule has 7 heteroatoms. The number of ether oxygens (including phenoxy) is 2. The Morgan fingerprint density at radius 3 is 2.48 bits per heavy atom. The molecule has 0 radical (unpaired) electrons. The minimum absolute atomic E-state index is 0.0248. The minimum Gasteiger partial charge on any atom is -0.497 e. The maximum atomic E-state index is 12.7. The van der Waals surface area contributed by atoms with Gasteiger partial charge in [-0.3, -0.25) is 4.79 Å². The fourth-order valence-electron chi connectivity index (χ4n) is 3.81. The average Bonchev–Trinajstić information content (AvgIpc) is 2.84. The Morgan fingerprint density at radius 1 is 0.968 bits per heavy atom. The molecule has 2 aromatic carbocycles. The van der Waals surface area contributed by atoms with E-state index in [1.807, 2.05) is 60.7 Å². The number of nitrogens with zero attached hydrogens (tertiary/aromatic N) is 3. The summed E-state index contributed by atoms with van der Waals surface area (Å²) in [5.41, 5.74) is 2.44. The monoisotopic (exact) mass is 418 g/mol. The molecular weight excluding hydrogens is 392 g/mol. The van der Waals surface area contributed by atoms with Gasteiger partial charge in [0.2, 0.25) is 5.91 Å². The number of amides is 1. The van der Waals surface area contributed by atoms with Gasteiger partial charge in [0.15, 0.2) is 5.82 Å². The summed E-state index contributed by atoms with van der Waals surface area (Å²) in [7, 11) is 3.26. The second-order valence-electron chi connectivity index (χ2n) is 7.46. The van der Waals surface area contributed by atoms with Crippen molar-refractivity contribution in [3.63, 3.8) is 0 Å². The van der Waals surface area contributed by atoms with E-state index < -0.39 is 0 Å². The minimum atomic E-state index is -0.0248. The molecule has 0 bridgehead atoms. The van der Waals surface area contributed by atoms with Gasteiger partial charge in [-0.15, -0.1) is 10.2 Å². The van der Waals surface area contributed by atoms with E-state index in [2.05, 4.69) is 20.4 Å². The van der Waals surface area contributed by atoms with Crippen LogP contribution in [-0.4, -0.2) is 43.4 Å². The summed E-state index contributed by atoms with van der Waals surface area (Å²) in [6.07, 6.45) is 1.54. The molecule has 2 heterocycles. The van der Waals surface area contributed by atoms with E-state index in [4.69, 9.17) is 9.47 Å². The fraction of sp³-hybridized carbons (Fsp3) is 0.292. The molecule has 1 N–H and O–H groups in total. The molecule has 7 nitrogen and oxygen atoms in total. The van der Waals surface area contributed by atoms with E-state index in [0.717, 1.165) is 60.2 Å². The van der Waals surface area contributed by atoms with Crippen LogP contribution in [0.4, 0.5) is 11.5 Å². The number of para-hydroxylation sites is 1. The van der Waals surface area contributed by atoms with Gasteiger partial charge in [-0.1, -0.05) is 18.2 Å². The van der Waals surface area contributed by atoms with Gasteiger partial charge in [0.1, 0.15) is 11.5 Å². The zero-order valence-electron chi connectivity index (χ0n) is 17.7. The van der Waals surface area contributed by atoms with Crippen LogP contribution >= 0.6 is 0 Å². The van der Waals surface area contributed by atoms with Gasteiger partial charge in [-0.2, -0.15) is 0 Å². The van der Waals surface area contributed by atoms with E-state index in [-0.39, 0.29) is 11.8 Å². The first-order valence-electron chi connectivity index (χ1n) is 10.3. The van der Waals surface area contributed by atoms with Crippen molar-refractivity contribution in [2.24, 2.45) is 5.92 Å². The molecule has 1 aliphatic heterocycles. The molecule has 0 saturated carbocycles. The molecular formula is C24H26N4O3. The summed E-state index contributed by atoms with van der Waals surface area (Å²) in [5, 5.41) is 11.8. The molecule has 0 unspecified atom stereocenters. The molecule has 0 aliphatic carbocycles. The molecule has 4 rings (SSSR count). The number of hydrogen-bond donors (Lipinski definition) is 1. The number of rotatable bonds is 6. The smallest absolute Gasteiger partial charge is 0.227 e. The van der Waals surface area contributed by atoms with Crippen molar-refractivity contribution in [3.8, 4) is 22.8 Å². The van der Waals surface area contributed by atoms with Crippen LogP contribution in [0.5, 0.6) is 11.5 Å². The van der Waals surface area contributed by atoms with E-state index in [1.165, 1.54) is 0 Å². The van der Waals surface area contributed by atoms with Crippen LogP contribution in [0, 0.1) is 5.92 Å². The summed E-state index contributed by atoms with van der Waals surface area (Å²) in [6.45, 7) is 1.53. The Balaban J connectivity index is 1.35. The number of methoxy groups -OCH3 is 2. The molecule has 0 atom stereocenters. The highest BCUT2D eigenvalue weighted by molar-refractivity contribution is 5.92. The summed E-state index contributed by atoms with van der Waals surface area (Å²) < 4.78 is 10.6. The molecule has 1 fully saturated rings. The van der Waals surface area contributed by atoms with Crippen molar-refractivity contribution in [2.45, 2.75) is 12.8 Å². The van der Waals surface area contributed by atoms with Crippen molar-refractivity contribution in [2.75, 3.05) is 37.5 Å². The molecule has 160 valence electrons. The van der Waals surface area contributed by atoms with Crippen molar-refractivity contribution >= 4 is 17.4 Å². The zero-order chi connectivity index (χ0) is 21.6. The summed E-state index contributed by atoms with van der Waals surface area (Å²) in [5.74, 6) is 2.34. The maximum absolute atomic E-state index is 12.7. The highest BCUT2D eigenvalue weighted by atomic mass is 16.5. The van der Waals surface area contributed by atoms with Gasteiger partial charge in [0.25, 0.3) is 0 Å². The van der Waals surface area contributed by atoms with E-state index in [1.54, 1.807) is 14.2 Å². The van der Waals surface area contributed by atoms with E-state index in [0.29, 0.717) is 0 Å². The fourth-order valence-corrected chi connectivity index (χ4v) is 3.81. The predicted octanol–water partition coefficient (Wildman–Crippen LogP) is 4.02. The van der Waals surface area contributed by atoms with Crippen molar-refractivity contribution in [1.82, 2.24) is 10.2 Å². The van der Waals surface area contributed by atoms with Crippen LogP contribution in [0.2, 0.25) is 0 Å². The largest absolute Gasteiger partial charge is 0.497 e. The lowest BCUT2D eigenvalue weighted by molar-refractivity contribution is -0.120. The standard InChI is InChI=1S/C24H26N4O3/c1-30-19-7-5-6-18(16-19)25-24(29)17-12-14-28(15-13-17)23-11-10-21(26-27-23)20-8-3-4-9-22(20)31-2/h3-11,16-17H,12-15H2,1-2H3,(H,25,29). The normalized spacial score (nSPS) is 14.2. The predicted molar refractivity (Wildman–Crippen MR) is 121 cm³/mol. The molecule has 1 saturated heterocycles. The van der Waals surface area contributed by atoms with Crippen molar-refractivity contribution in [3.05, 3.63) is 60.7 Å². The number of benzene rings is 2. The van der Waals surface area contributed by atoms with Gasteiger partial charge in [-0.25, -0.2) is 0 Å². The van der Waals surface area contributed by atoms with Crippen LogP contribution in [0.3, 0.4) is 0 Å². The van der Waals surface area contributed by atoms with Crippen LogP contribution in [0.25, 0.3) is 11.3 Å². The highest BCUT2D eigenvalue weighted by Crippen LogP contribution is 2.29. The number of piperidine rings is 1. The second-order valence-corrected chi connectivity index (χ2v) is 7.46. The Morgan fingerprint density at radius 2 is 1.77 bits per heavy atom. The maximum Gasteiger partial charge on any atom is 0.227 e. The Kier molecular flexibility index (Phi) is 6.31. The van der Waals surface area contributed by atoms with Crippen LogP contribution < -0.4 is 19.7 Å².